The summed E-state index contributed by atoms with van der Waals surface area (Å²) in [5, 5.41) is 6.06. The van der Waals surface area contributed by atoms with Gasteiger partial charge in [-0.2, -0.15) is 0 Å². The van der Waals surface area contributed by atoms with Gasteiger partial charge in [-0.3, -0.25) is 4.79 Å². The van der Waals surface area contributed by atoms with E-state index in [1.54, 1.807) is 18.3 Å². The Bertz CT molecular complexity index is 352. The first kappa shape index (κ1) is 13.5. The van der Waals surface area contributed by atoms with Gasteiger partial charge in [0.2, 0.25) is 0 Å². The zero-order valence-corrected chi connectivity index (χ0v) is 10.6. The lowest BCUT2D eigenvalue weighted by atomic mass is 10.2. The lowest BCUT2D eigenvalue weighted by Gasteiger charge is -2.10. The molecule has 0 saturated carbocycles. The molecule has 0 aliphatic rings. The van der Waals surface area contributed by atoms with E-state index in [1.165, 1.54) is 0 Å². The van der Waals surface area contributed by atoms with E-state index >= 15 is 0 Å². The Balaban J connectivity index is 2.64. The highest BCUT2D eigenvalue weighted by Crippen LogP contribution is 2.11. The Kier molecular flexibility index (Phi) is 6.07. The van der Waals surface area contributed by atoms with Crippen molar-refractivity contribution in [1.82, 2.24) is 10.3 Å². The molecular formula is C13H21N3O. The van der Waals surface area contributed by atoms with Crippen molar-refractivity contribution in [3.05, 3.63) is 23.9 Å². The van der Waals surface area contributed by atoms with Gasteiger partial charge in [0, 0.05) is 19.3 Å². The zero-order valence-electron chi connectivity index (χ0n) is 10.6. The number of unbranched alkanes of at least 4 members (excludes halogenated alkanes) is 1. The van der Waals surface area contributed by atoms with Crippen LogP contribution in [0.5, 0.6) is 0 Å². The topological polar surface area (TPSA) is 54.0 Å². The van der Waals surface area contributed by atoms with Crippen molar-refractivity contribution in [2.24, 2.45) is 0 Å². The van der Waals surface area contributed by atoms with Crippen LogP contribution < -0.4 is 10.6 Å². The third-order valence-electron chi connectivity index (χ3n) is 2.41. The van der Waals surface area contributed by atoms with Crippen LogP contribution in [0.25, 0.3) is 0 Å². The third kappa shape index (κ3) is 4.43. The summed E-state index contributed by atoms with van der Waals surface area (Å²) in [6.07, 6.45) is 4.78. The quantitative estimate of drug-likeness (QED) is 0.714. The summed E-state index contributed by atoms with van der Waals surface area (Å²) in [6.45, 7) is 5.73. The molecule has 0 saturated heterocycles. The van der Waals surface area contributed by atoms with Crippen LogP contribution in [-0.4, -0.2) is 24.0 Å². The molecule has 0 fully saturated rings. The van der Waals surface area contributed by atoms with Crippen LogP contribution in [0.15, 0.2) is 18.3 Å². The maximum atomic E-state index is 11.9. The summed E-state index contributed by atoms with van der Waals surface area (Å²) in [5.74, 6) is 0.619. The van der Waals surface area contributed by atoms with Crippen LogP contribution in [0.2, 0.25) is 0 Å². The summed E-state index contributed by atoms with van der Waals surface area (Å²) in [4.78, 5) is 16.1. The van der Waals surface area contributed by atoms with Crippen LogP contribution in [-0.2, 0) is 0 Å². The van der Waals surface area contributed by atoms with Crippen LogP contribution in [0.1, 0.15) is 43.5 Å². The highest BCUT2D eigenvalue weighted by molar-refractivity contribution is 5.98. The predicted molar refractivity (Wildman–Crippen MR) is 70.3 cm³/mol. The molecular weight excluding hydrogens is 214 g/mol. The van der Waals surface area contributed by atoms with Crippen LogP contribution in [0, 0.1) is 0 Å². The lowest BCUT2D eigenvalue weighted by molar-refractivity contribution is 0.0953. The molecule has 0 aromatic carbocycles. The standard InChI is InChI=1S/C13H21N3O/c1-3-5-9-16-13(17)11-7-6-10-15-12(11)14-8-4-2/h6-7,10H,3-5,8-9H2,1-2H3,(H,14,15)(H,16,17). The van der Waals surface area contributed by atoms with E-state index in [-0.39, 0.29) is 5.91 Å². The Morgan fingerprint density at radius 3 is 2.82 bits per heavy atom. The second-order valence-electron chi connectivity index (χ2n) is 3.94. The average Bonchev–Trinajstić information content (AvgIpc) is 2.37. The highest BCUT2D eigenvalue weighted by Gasteiger charge is 2.10. The zero-order chi connectivity index (χ0) is 12.5. The maximum Gasteiger partial charge on any atom is 0.255 e. The molecule has 4 nitrogen and oxygen atoms in total. The third-order valence-corrected chi connectivity index (χ3v) is 2.41. The summed E-state index contributed by atoms with van der Waals surface area (Å²) in [6, 6.07) is 3.58. The largest absolute Gasteiger partial charge is 0.369 e. The molecule has 2 N–H and O–H groups in total. The fourth-order valence-electron chi connectivity index (χ4n) is 1.45. The minimum atomic E-state index is -0.0508. The summed E-state index contributed by atoms with van der Waals surface area (Å²) in [7, 11) is 0. The minimum Gasteiger partial charge on any atom is -0.369 e. The Hall–Kier alpha value is -1.58. The molecule has 0 radical (unpaired) electrons. The summed E-state index contributed by atoms with van der Waals surface area (Å²) in [5.41, 5.74) is 0.622. The van der Waals surface area contributed by atoms with Crippen molar-refractivity contribution in [1.29, 1.82) is 0 Å². The first-order valence-electron chi connectivity index (χ1n) is 6.26. The number of amides is 1. The van der Waals surface area contributed by atoms with Gasteiger partial charge in [-0.1, -0.05) is 20.3 Å². The molecule has 1 amide bonds. The predicted octanol–water partition coefficient (Wildman–Crippen LogP) is 2.43. The molecule has 0 spiro atoms. The Morgan fingerprint density at radius 1 is 1.29 bits per heavy atom. The number of aromatic nitrogens is 1. The van der Waals surface area contributed by atoms with E-state index in [2.05, 4.69) is 29.5 Å². The monoisotopic (exact) mass is 235 g/mol. The number of nitrogens with one attached hydrogen (secondary N) is 2. The van der Waals surface area contributed by atoms with Gasteiger partial charge in [0.15, 0.2) is 0 Å². The van der Waals surface area contributed by atoms with Gasteiger partial charge < -0.3 is 10.6 Å². The average molecular weight is 235 g/mol. The maximum absolute atomic E-state index is 11.9. The number of hydrogen-bond donors (Lipinski definition) is 2. The van der Waals surface area contributed by atoms with Crippen LogP contribution in [0.4, 0.5) is 5.82 Å². The molecule has 0 unspecified atom stereocenters. The van der Waals surface area contributed by atoms with E-state index in [1.807, 2.05) is 0 Å². The number of carbonyl (C=O) groups excluding carboxylic acids is 1. The van der Waals surface area contributed by atoms with E-state index in [4.69, 9.17) is 0 Å². The van der Waals surface area contributed by atoms with Crippen molar-refractivity contribution in [3.63, 3.8) is 0 Å². The number of pyridine rings is 1. The molecule has 94 valence electrons. The van der Waals surface area contributed by atoms with Crippen molar-refractivity contribution >= 4 is 11.7 Å². The molecule has 0 aliphatic heterocycles. The summed E-state index contributed by atoms with van der Waals surface area (Å²) < 4.78 is 0. The van der Waals surface area contributed by atoms with Crippen LogP contribution in [0.3, 0.4) is 0 Å². The minimum absolute atomic E-state index is 0.0508. The van der Waals surface area contributed by atoms with Gasteiger partial charge in [-0.05, 0) is 25.0 Å². The molecule has 0 bridgehead atoms. The van der Waals surface area contributed by atoms with E-state index in [0.717, 1.165) is 32.4 Å². The van der Waals surface area contributed by atoms with Gasteiger partial charge in [-0.25, -0.2) is 4.98 Å². The fourth-order valence-corrected chi connectivity index (χ4v) is 1.45. The highest BCUT2D eigenvalue weighted by atomic mass is 16.1. The lowest BCUT2D eigenvalue weighted by Crippen LogP contribution is -2.25. The number of nitrogens with zero attached hydrogens (tertiary/aromatic N) is 1. The van der Waals surface area contributed by atoms with Gasteiger partial charge in [-0.15, -0.1) is 0 Å². The normalized spacial score (nSPS) is 10.0. The van der Waals surface area contributed by atoms with Gasteiger partial charge in [0.05, 0.1) is 5.56 Å². The number of hydrogen-bond acceptors (Lipinski definition) is 3. The SMILES string of the molecule is CCCCNC(=O)c1cccnc1NCCC. The molecule has 0 aliphatic carbocycles. The molecule has 1 aromatic rings. The molecule has 17 heavy (non-hydrogen) atoms. The van der Waals surface area contributed by atoms with Crippen molar-refractivity contribution in [3.8, 4) is 0 Å². The first-order chi connectivity index (χ1) is 8.29. The van der Waals surface area contributed by atoms with Gasteiger partial charge in [0.25, 0.3) is 5.91 Å². The second kappa shape index (κ2) is 7.65. The number of anilines is 1. The van der Waals surface area contributed by atoms with Gasteiger partial charge in [0.1, 0.15) is 5.82 Å². The molecule has 1 rings (SSSR count). The van der Waals surface area contributed by atoms with Gasteiger partial charge >= 0.3 is 0 Å². The van der Waals surface area contributed by atoms with Crippen molar-refractivity contribution < 1.29 is 4.79 Å². The molecule has 0 atom stereocenters. The van der Waals surface area contributed by atoms with Crippen molar-refractivity contribution in [2.75, 3.05) is 18.4 Å². The van der Waals surface area contributed by atoms with Crippen LogP contribution >= 0.6 is 0 Å². The van der Waals surface area contributed by atoms with E-state index in [9.17, 15) is 4.79 Å². The smallest absolute Gasteiger partial charge is 0.255 e. The summed E-state index contributed by atoms with van der Waals surface area (Å²) >= 11 is 0. The number of rotatable bonds is 7. The van der Waals surface area contributed by atoms with E-state index in [0.29, 0.717) is 11.4 Å². The van der Waals surface area contributed by atoms with E-state index < -0.39 is 0 Å². The molecule has 4 heteroatoms. The Labute approximate surface area is 103 Å². The molecule has 1 heterocycles. The molecule has 1 aromatic heterocycles. The first-order valence-corrected chi connectivity index (χ1v) is 6.26. The number of carbonyl (C=O) groups is 1. The fraction of sp³-hybridized carbons (Fsp3) is 0.538. The second-order valence-corrected chi connectivity index (χ2v) is 3.94. The Morgan fingerprint density at radius 2 is 2.12 bits per heavy atom. The van der Waals surface area contributed by atoms with Crippen molar-refractivity contribution in [2.45, 2.75) is 33.1 Å².